The second-order valence-electron chi connectivity index (χ2n) is 3.87. The zero-order valence-electron chi connectivity index (χ0n) is 9.56. The average molecular weight is 258 g/mol. The van der Waals surface area contributed by atoms with Crippen LogP contribution in [0.25, 0.3) is 0 Å². The summed E-state index contributed by atoms with van der Waals surface area (Å²) in [5.74, 6) is 0.936. The van der Waals surface area contributed by atoms with Gasteiger partial charge in [-0.25, -0.2) is 0 Å². The highest BCUT2D eigenvalue weighted by Crippen LogP contribution is 2.15. The Hall–Kier alpha value is 0.100. The minimum Gasteiger partial charge on any atom is -0.372 e. The summed E-state index contributed by atoms with van der Waals surface area (Å²) >= 11 is 4.12. The predicted octanol–water partition coefficient (Wildman–Crippen LogP) is 4.23. The molecule has 0 amide bonds. The van der Waals surface area contributed by atoms with Crippen LogP contribution in [-0.2, 0) is 4.74 Å². The first kappa shape index (κ1) is 16.1. The molecule has 0 aliphatic carbocycles. The SMILES string of the molecule is FC(F)(F)COCCCCCCCCCS. The van der Waals surface area contributed by atoms with E-state index in [-0.39, 0.29) is 6.61 Å². The number of unbranched alkanes of at least 4 members (excludes halogenated alkanes) is 6. The summed E-state index contributed by atoms with van der Waals surface area (Å²) in [4.78, 5) is 0. The van der Waals surface area contributed by atoms with Crippen molar-refractivity contribution < 1.29 is 17.9 Å². The first-order chi connectivity index (χ1) is 7.56. The normalized spacial score (nSPS) is 12.0. The topological polar surface area (TPSA) is 9.23 Å². The van der Waals surface area contributed by atoms with Crippen LogP contribution in [0.4, 0.5) is 13.2 Å². The van der Waals surface area contributed by atoms with Gasteiger partial charge in [0.15, 0.2) is 0 Å². The zero-order valence-corrected chi connectivity index (χ0v) is 10.5. The highest BCUT2D eigenvalue weighted by atomic mass is 32.1. The summed E-state index contributed by atoms with van der Waals surface area (Å²) in [6, 6.07) is 0. The van der Waals surface area contributed by atoms with Crippen molar-refractivity contribution >= 4 is 12.6 Å². The first-order valence-corrected chi connectivity index (χ1v) is 6.45. The van der Waals surface area contributed by atoms with Gasteiger partial charge < -0.3 is 4.74 Å². The maximum absolute atomic E-state index is 11.7. The molecule has 16 heavy (non-hydrogen) atoms. The fourth-order valence-electron chi connectivity index (χ4n) is 1.39. The Morgan fingerprint density at radius 2 is 1.31 bits per heavy atom. The third-order valence-corrected chi connectivity index (χ3v) is 2.53. The molecule has 0 radical (unpaired) electrons. The van der Waals surface area contributed by atoms with Gasteiger partial charge in [-0.05, 0) is 18.6 Å². The van der Waals surface area contributed by atoms with Crippen molar-refractivity contribution in [3.05, 3.63) is 0 Å². The lowest BCUT2D eigenvalue weighted by Crippen LogP contribution is -2.17. The van der Waals surface area contributed by atoms with Crippen LogP contribution in [0.5, 0.6) is 0 Å². The Morgan fingerprint density at radius 1 is 0.812 bits per heavy atom. The Labute approximate surface area is 101 Å². The fraction of sp³-hybridized carbons (Fsp3) is 1.00. The van der Waals surface area contributed by atoms with Gasteiger partial charge in [0.1, 0.15) is 6.61 Å². The number of rotatable bonds is 10. The maximum Gasteiger partial charge on any atom is 0.411 e. The van der Waals surface area contributed by atoms with Crippen molar-refractivity contribution in [3.8, 4) is 0 Å². The summed E-state index contributed by atoms with van der Waals surface area (Å²) in [6.07, 6.45) is 3.29. The minimum absolute atomic E-state index is 0.218. The second-order valence-corrected chi connectivity index (χ2v) is 4.31. The van der Waals surface area contributed by atoms with Gasteiger partial charge in [0.25, 0.3) is 0 Å². The molecule has 0 aliphatic heterocycles. The van der Waals surface area contributed by atoms with Gasteiger partial charge in [0, 0.05) is 6.61 Å². The lowest BCUT2D eigenvalue weighted by atomic mass is 10.1. The lowest BCUT2D eigenvalue weighted by Gasteiger charge is -2.07. The molecule has 98 valence electrons. The molecule has 1 nitrogen and oxygen atoms in total. The minimum atomic E-state index is -4.19. The van der Waals surface area contributed by atoms with E-state index in [2.05, 4.69) is 17.4 Å². The first-order valence-electron chi connectivity index (χ1n) is 5.81. The van der Waals surface area contributed by atoms with E-state index >= 15 is 0 Å². The Morgan fingerprint density at radius 3 is 1.81 bits per heavy atom. The molecule has 0 fully saturated rings. The third-order valence-electron chi connectivity index (χ3n) is 2.21. The Bertz CT molecular complexity index is 151. The monoisotopic (exact) mass is 258 g/mol. The molecule has 0 aromatic rings. The van der Waals surface area contributed by atoms with Gasteiger partial charge in [-0.2, -0.15) is 25.8 Å². The largest absolute Gasteiger partial charge is 0.411 e. The van der Waals surface area contributed by atoms with E-state index in [1.807, 2.05) is 0 Å². The zero-order chi connectivity index (χ0) is 12.3. The second kappa shape index (κ2) is 10.3. The number of hydrogen-bond acceptors (Lipinski definition) is 2. The highest BCUT2D eigenvalue weighted by Gasteiger charge is 2.26. The van der Waals surface area contributed by atoms with Crippen molar-refractivity contribution in [1.82, 2.24) is 0 Å². The van der Waals surface area contributed by atoms with Gasteiger partial charge >= 0.3 is 6.18 Å². The molecule has 0 atom stereocenters. The van der Waals surface area contributed by atoms with Gasteiger partial charge in [0.05, 0.1) is 0 Å². The molecule has 0 rings (SSSR count). The van der Waals surface area contributed by atoms with Crippen molar-refractivity contribution in [3.63, 3.8) is 0 Å². The van der Waals surface area contributed by atoms with Crippen LogP contribution in [0.1, 0.15) is 44.9 Å². The number of thiol groups is 1. The molecular formula is C11H21F3OS. The van der Waals surface area contributed by atoms with Crippen LogP contribution in [0.3, 0.4) is 0 Å². The number of halogens is 3. The molecule has 0 aliphatic rings. The fourth-order valence-corrected chi connectivity index (χ4v) is 1.61. The van der Waals surface area contributed by atoms with Crippen molar-refractivity contribution in [2.75, 3.05) is 19.0 Å². The van der Waals surface area contributed by atoms with E-state index in [4.69, 9.17) is 0 Å². The summed E-state index contributed by atoms with van der Waals surface area (Å²) in [5.41, 5.74) is 0. The van der Waals surface area contributed by atoms with Crippen LogP contribution < -0.4 is 0 Å². The molecular weight excluding hydrogens is 237 g/mol. The van der Waals surface area contributed by atoms with Gasteiger partial charge in [-0.3, -0.25) is 0 Å². The predicted molar refractivity (Wildman–Crippen MR) is 63.0 cm³/mol. The van der Waals surface area contributed by atoms with E-state index in [1.165, 1.54) is 12.8 Å². The third kappa shape index (κ3) is 14.1. The molecule has 0 bridgehead atoms. The van der Waals surface area contributed by atoms with Gasteiger partial charge in [0.2, 0.25) is 0 Å². The molecule has 0 N–H and O–H groups in total. The Balaban J connectivity index is 2.99. The van der Waals surface area contributed by atoms with Crippen molar-refractivity contribution in [2.45, 2.75) is 51.1 Å². The van der Waals surface area contributed by atoms with Gasteiger partial charge in [-0.1, -0.05) is 32.1 Å². The summed E-state index contributed by atoms with van der Waals surface area (Å²) in [5, 5.41) is 0. The molecule has 0 spiro atoms. The molecule has 0 aromatic carbocycles. The van der Waals surface area contributed by atoms with Crippen LogP contribution in [0, 0.1) is 0 Å². The maximum atomic E-state index is 11.7. The van der Waals surface area contributed by atoms with Crippen LogP contribution in [-0.4, -0.2) is 25.1 Å². The smallest absolute Gasteiger partial charge is 0.372 e. The van der Waals surface area contributed by atoms with Crippen LogP contribution >= 0.6 is 12.6 Å². The number of alkyl halides is 3. The molecule has 0 saturated carbocycles. The Kier molecular flexibility index (Phi) is 10.3. The van der Waals surface area contributed by atoms with E-state index in [1.54, 1.807) is 0 Å². The van der Waals surface area contributed by atoms with E-state index in [9.17, 15) is 13.2 Å². The molecule has 5 heteroatoms. The number of ether oxygens (including phenoxy) is 1. The summed E-state index contributed by atoms with van der Waals surface area (Å²) in [6.45, 7) is -0.898. The van der Waals surface area contributed by atoms with E-state index in [0.29, 0.717) is 0 Å². The van der Waals surface area contributed by atoms with E-state index < -0.39 is 12.8 Å². The summed E-state index contributed by atoms with van der Waals surface area (Å²) in [7, 11) is 0. The molecule has 0 aromatic heterocycles. The highest BCUT2D eigenvalue weighted by molar-refractivity contribution is 7.80. The summed E-state index contributed by atoms with van der Waals surface area (Å²) < 4.78 is 39.5. The standard InChI is InChI=1S/C11H21F3OS/c12-11(13,14)10-15-8-6-4-2-1-3-5-7-9-16/h16H,1-10H2. The van der Waals surface area contributed by atoms with Gasteiger partial charge in [-0.15, -0.1) is 0 Å². The number of hydrogen-bond donors (Lipinski definition) is 1. The molecule has 0 heterocycles. The van der Waals surface area contributed by atoms with Crippen LogP contribution in [0.2, 0.25) is 0 Å². The lowest BCUT2D eigenvalue weighted by molar-refractivity contribution is -0.174. The quantitative estimate of drug-likeness (QED) is 0.456. The molecule has 0 saturated heterocycles. The van der Waals surface area contributed by atoms with Crippen molar-refractivity contribution in [2.24, 2.45) is 0 Å². The molecule has 0 unspecified atom stereocenters. The average Bonchev–Trinajstić information content (AvgIpc) is 2.19. The van der Waals surface area contributed by atoms with E-state index in [0.717, 1.165) is 37.9 Å². The van der Waals surface area contributed by atoms with Crippen LogP contribution in [0.15, 0.2) is 0 Å². The van der Waals surface area contributed by atoms with Crippen molar-refractivity contribution in [1.29, 1.82) is 0 Å².